The van der Waals surface area contributed by atoms with Gasteiger partial charge in [-0.3, -0.25) is 4.79 Å². The zero-order valence-corrected chi connectivity index (χ0v) is 13.0. The number of nitrogens with one attached hydrogen (secondary N) is 1. The Balaban J connectivity index is 2.25. The molecule has 0 fully saturated rings. The van der Waals surface area contributed by atoms with Crippen molar-refractivity contribution in [2.75, 3.05) is 19.5 Å². The molecule has 0 radical (unpaired) electrons. The van der Waals surface area contributed by atoms with Gasteiger partial charge in [-0.1, -0.05) is 29.3 Å². The average molecular weight is 326 g/mol. The van der Waals surface area contributed by atoms with E-state index in [1.165, 1.54) is 7.11 Å². The van der Waals surface area contributed by atoms with Gasteiger partial charge in [-0.25, -0.2) is 0 Å². The van der Waals surface area contributed by atoms with Gasteiger partial charge in [0, 0.05) is 11.8 Å². The molecule has 2 aromatic rings. The zero-order valence-electron chi connectivity index (χ0n) is 11.4. The molecule has 0 saturated carbocycles. The lowest BCUT2D eigenvalue weighted by Gasteiger charge is -2.11. The molecule has 0 aromatic heterocycles. The number of carbonyl (C=O) groups excluding carboxylic acids is 1. The minimum absolute atomic E-state index is 0.220. The molecule has 1 N–H and O–H groups in total. The van der Waals surface area contributed by atoms with Crippen molar-refractivity contribution in [1.82, 2.24) is 0 Å². The van der Waals surface area contributed by atoms with E-state index in [-0.39, 0.29) is 10.9 Å². The summed E-state index contributed by atoms with van der Waals surface area (Å²) in [6, 6.07) is 9.96. The third kappa shape index (κ3) is 3.40. The van der Waals surface area contributed by atoms with Crippen LogP contribution in [0.4, 0.5) is 5.69 Å². The van der Waals surface area contributed by atoms with Crippen LogP contribution in [0.25, 0.3) is 0 Å². The topological polar surface area (TPSA) is 47.6 Å². The van der Waals surface area contributed by atoms with Crippen molar-refractivity contribution in [1.29, 1.82) is 0 Å². The molecule has 4 nitrogen and oxygen atoms in total. The highest BCUT2D eigenvalue weighted by Crippen LogP contribution is 2.31. The van der Waals surface area contributed by atoms with Crippen molar-refractivity contribution in [2.24, 2.45) is 0 Å². The number of methoxy groups -OCH3 is 2. The first kappa shape index (κ1) is 15.5. The van der Waals surface area contributed by atoms with Gasteiger partial charge in [-0.05, 0) is 24.3 Å². The van der Waals surface area contributed by atoms with E-state index in [4.69, 9.17) is 32.7 Å². The number of rotatable bonds is 4. The molecule has 0 aliphatic rings. The Bertz CT molecular complexity index is 674. The molecule has 0 heterocycles. The van der Waals surface area contributed by atoms with Crippen LogP contribution in [0.2, 0.25) is 10.0 Å². The lowest BCUT2D eigenvalue weighted by molar-refractivity contribution is 0.102. The molecule has 0 unspecified atom stereocenters. The van der Waals surface area contributed by atoms with Gasteiger partial charge in [0.1, 0.15) is 0 Å². The number of anilines is 1. The van der Waals surface area contributed by atoms with Crippen molar-refractivity contribution in [3.63, 3.8) is 0 Å². The van der Waals surface area contributed by atoms with Gasteiger partial charge in [0.25, 0.3) is 5.91 Å². The van der Waals surface area contributed by atoms with E-state index < -0.39 is 0 Å². The molecule has 6 heteroatoms. The lowest BCUT2D eigenvalue weighted by atomic mass is 10.2. The maximum atomic E-state index is 12.2. The predicted molar refractivity (Wildman–Crippen MR) is 84.0 cm³/mol. The van der Waals surface area contributed by atoms with Gasteiger partial charge in [0.05, 0.1) is 29.8 Å². The van der Waals surface area contributed by atoms with Crippen LogP contribution >= 0.6 is 23.2 Å². The Kier molecular flexibility index (Phi) is 4.94. The number of hydrogen-bond donors (Lipinski definition) is 1. The molecule has 2 aromatic carbocycles. The van der Waals surface area contributed by atoms with Gasteiger partial charge in [-0.15, -0.1) is 0 Å². The van der Waals surface area contributed by atoms with Crippen LogP contribution in [0.5, 0.6) is 11.5 Å². The van der Waals surface area contributed by atoms with Crippen LogP contribution < -0.4 is 14.8 Å². The van der Waals surface area contributed by atoms with E-state index in [9.17, 15) is 4.79 Å². The third-order valence-corrected chi connectivity index (χ3v) is 3.66. The summed E-state index contributed by atoms with van der Waals surface area (Å²) in [7, 11) is 3.07. The highest BCUT2D eigenvalue weighted by molar-refractivity contribution is 6.44. The Hall–Kier alpha value is -1.91. The highest BCUT2D eigenvalue weighted by atomic mass is 35.5. The minimum Gasteiger partial charge on any atom is -0.493 e. The monoisotopic (exact) mass is 325 g/mol. The van der Waals surface area contributed by atoms with E-state index >= 15 is 0 Å². The SMILES string of the molecule is COc1ccc(NC(=O)c2cccc(Cl)c2Cl)cc1OC. The second-order valence-corrected chi connectivity index (χ2v) is 4.91. The molecule has 0 bridgehead atoms. The number of hydrogen-bond acceptors (Lipinski definition) is 3. The molecule has 0 saturated heterocycles. The summed E-state index contributed by atoms with van der Waals surface area (Å²) < 4.78 is 10.3. The molecule has 2 rings (SSSR count). The summed E-state index contributed by atoms with van der Waals surface area (Å²) in [5, 5.41) is 3.28. The summed E-state index contributed by atoms with van der Waals surface area (Å²) >= 11 is 11.9. The van der Waals surface area contributed by atoms with Crippen molar-refractivity contribution < 1.29 is 14.3 Å². The van der Waals surface area contributed by atoms with E-state index in [0.29, 0.717) is 27.8 Å². The molecule has 21 heavy (non-hydrogen) atoms. The smallest absolute Gasteiger partial charge is 0.257 e. The fourth-order valence-electron chi connectivity index (χ4n) is 1.79. The quantitative estimate of drug-likeness (QED) is 0.913. The number of benzene rings is 2. The fourth-order valence-corrected chi connectivity index (χ4v) is 2.18. The van der Waals surface area contributed by atoms with Crippen molar-refractivity contribution in [3.8, 4) is 11.5 Å². The minimum atomic E-state index is -0.352. The largest absolute Gasteiger partial charge is 0.493 e. The number of carbonyl (C=O) groups is 1. The third-order valence-electron chi connectivity index (χ3n) is 2.84. The van der Waals surface area contributed by atoms with Crippen LogP contribution in [-0.4, -0.2) is 20.1 Å². The van der Waals surface area contributed by atoms with E-state index in [1.54, 1.807) is 43.5 Å². The standard InChI is InChI=1S/C15H13Cl2NO3/c1-20-12-7-6-9(8-13(12)21-2)18-15(19)10-4-3-5-11(16)14(10)17/h3-8H,1-2H3,(H,18,19). The molecule has 1 amide bonds. The highest BCUT2D eigenvalue weighted by Gasteiger charge is 2.13. The first-order valence-electron chi connectivity index (χ1n) is 6.04. The molecule has 110 valence electrons. The summed E-state index contributed by atoms with van der Waals surface area (Å²) in [6.45, 7) is 0. The Labute approximate surface area is 132 Å². The normalized spacial score (nSPS) is 10.1. The molecule has 0 spiro atoms. The molecular formula is C15H13Cl2NO3. The molecule has 0 aliphatic heterocycles. The molecular weight excluding hydrogens is 313 g/mol. The lowest BCUT2D eigenvalue weighted by Crippen LogP contribution is -2.12. The molecule has 0 atom stereocenters. The van der Waals surface area contributed by atoms with E-state index in [2.05, 4.69) is 5.32 Å². The first-order chi connectivity index (χ1) is 10.1. The van der Waals surface area contributed by atoms with Gasteiger partial charge in [-0.2, -0.15) is 0 Å². The Morgan fingerprint density at radius 2 is 1.76 bits per heavy atom. The van der Waals surface area contributed by atoms with Crippen molar-refractivity contribution in [3.05, 3.63) is 52.0 Å². The molecule has 0 aliphatic carbocycles. The van der Waals surface area contributed by atoms with Crippen molar-refractivity contribution in [2.45, 2.75) is 0 Å². The van der Waals surface area contributed by atoms with E-state index in [0.717, 1.165) is 0 Å². The summed E-state index contributed by atoms with van der Waals surface area (Å²) in [5.41, 5.74) is 0.868. The van der Waals surface area contributed by atoms with Gasteiger partial charge in [0.15, 0.2) is 11.5 Å². The van der Waals surface area contributed by atoms with Gasteiger partial charge < -0.3 is 14.8 Å². The number of ether oxygens (including phenoxy) is 2. The summed E-state index contributed by atoms with van der Waals surface area (Å²) in [5.74, 6) is 0.749. The number of halogens is 2. The van der Waals surface area contributed by atoms with Crippen molar-refractivity contribution >= 4 is 34.8 Å². The second kappa shape index (κ2) is 6.70. The van der Waals surface area contributed by atoms with Crippen LogP contribution in [0, 0.1) is 0 Å². The summed E-state index contributed by atoms with van der Waals surface area (Å²) in [6.07, 6.45) is 0. The predicted octanol–water partition coefficient (Wildman–Crippen LogP) is 4.26. The van der Waals surface area contributed by atoms with Crippen LogP contribution in [0.3, 0.4) is 0 Å². The summed E-state index contributed by atoms with van der Waals surface area (Å²) in [4.78, 5) is 12.2. The van der Waals surface area contributed by atoms with Crippen LogP contribution in [0.15, 0.2) is 36.4 Å². The first-order valence-corrected chi connectivity index (χ1v) is 6.79. The van der Waals surface area contributed by atoms with Gasteiger partial charge >= 0.3 is 0 Å². The Morgan fingerprint density at radius 3 is 2.43 bits per heavy atom. The Morgan fingerprint density at radius 1 is 1.05 bits per heavy atom. The fraction of sp³-hybridized carbons (Fsp3) is 0.133. The van der Waals surface area contributed by atoms with Crippen LogP contribution in [-0.2, 0) is 0 Å². The maximum absolute atomic E-state index is 12.2. The van der Waals surface area contributed by atoms with Crippen LogP contribution in [0.1, 0.15) is 10.4 Å². The van der Waals surface area contributed by atoms with Gasteiger partial charge in [0.2, 0.25) is 0 Å². The maximum Gasteiger partial charge on any atom is 0.257 e. The number of amides is 1. The van der Waals surface area contributed by atoms with E-state index in [1.807, 2.05) is 0 Å². The zero-order chi connectivity index (χ0) is 15.4. The average Bonchev–Trinajstić information content (AvgIpc) is 2.49. The second-order valence-electron chi connectivity index (χ2n) is 4.13.